The topological polar surface area (TPSA) is 82.5 Å². The third kappa shape index (κ3) is 1.61. The molecule has 2 heterocycles. The van der Waals surface area contributed by atoms with E-state index in [1.165, 1.54) is 4.40 Å². The molecule has 6 heteroatoms. The van der Waals surface area contributed by atoms with Crippen LogP contribution in [0.5, 0.6) is 0 Å². The third-order valence-electron chi connectivity index (χ3n) is 1.94. The lowest BCUT2D eigenvalue weighted by atomic mass is 10.3. The highest BCUT2D eigenvalue weighted by atomic mass is 16.5. The van der Waals surface area contributed by atoms with Crippen molar-refractivity contribution in [2.45, 2.75) is 6.92 Å². The van der Waals surface area contributed by atoms with Crippen LogP contribution in [-0.2, 0) is 4.74 Å². The largest absolute Gasteiger partial charge is 0.462 e. The van der Waals surface area contributed by atoms with Crippen molar-refractivity contribution in [2.24, 2.45) is 0 Å². The second-order valence-electron chi connectivity index (χ2n) is 2.92. The molecule has 2 aromatic heterocycles. The molecule has 6 nitrogen and oxygen atoms in total. The maximum Gasteiger partial charge on any atom is 0.339 e. The van der Waals surface area contributed by atoms with Gasteiger partial charge in [-0.15, -0.1) is 10.2 Å². The van der Waals surface area contributed by atoms with Gasteiger partial charge in [0.15, 0.2) is 5.65 Å². The van der Waals surface area contributed by atoms with Crippen LogP contribution in [0.15, 0.2) is 18.3 Å². The first kappa shape index (κ1) is 9.45. The number of pyridine rings is 1. The molecule has 78 valence electrons. The monoisotopic (exact) mass is 206 g/mol. The van der Waals surface area contributed by atoms with E-state index in [9.17, 15) is 4.79 Å². The standard InChI is InChI=1S/C9H10N4O2/c1-2-15-8(14)6-3-4-7-11-12-9(10)13(7)5-6/h3-5H,2H2,1H3,(H2,10,12). The number of fused-ring (bicyclic) bond motifs is 1. The predicted octanol–water partition coefficient (Wildman–Crippen LogP) is 0.488. The highest BCUT2D eigenvalue weighted by Gasteiger charge is 2.09. The summed E-state index contributed by atoms with van der Waals surface area (Å²) in [5.74, 6) is -0.136. The second-order valence-corrected chi connectivity index (χ2v) is 2.92. The average molecular weight is 206 g/mol. The Morgan fingerprint density at radius 2 is 2.33 bits per heavy atom. The van der Waals surface area contributed by atoms with Gasteiger partial charge in [-0.25, -0.2) is 4.79 Å². The van der Waals surface area contributed by atoms with Gasteiger partial charge in [-0.05, 0) is 19.1 Å². The van der Waals surface area contributed by atoms with Crippen molar-refractivity contribution in [3.05, 3.63) is 23.9 Å². The highest BCUT2D eigenvalue weighted by Crippen LogP contribution is 2.08. The van der Waals surface area contributed by atoms with Crippen LogP contribution in [-0.4, -0.2) is 27.2 Å². The van der Waals surface area contributed by atoms with E-state index in [4.69, 9.17) is 10.5 Å². The zero-order valence-corrected chi connectivity index (χ0v) is 8.17. The Kier molecular flexibility index (Phi) is 2.24. The fourth-order valence-electron chi connectivity index (χ4n) is 1.24. The number of nitrogens with zero attached hydrogens (tertiary/aromatic N) is 3. The van der Waals surface area contributed by atoms with Crippen LogP contribution in [0.4, 0.5) is 5.95 Å². The zero-order valence-electron chi connectivity index (χ0n) is 8.17. The summed E-state index contributed by atoms with van der Waals surface area (Å²) in [7, 11) is 0. The van der Waals surface area contributed by atoms with Crippen molar-refractivity contribution in [1.29, 1.82) is 0 Å². The van der Waals surface area contributed by atoms with Crippen LogP contribution in [0.2, 0.25) is 0 Å². The molecule has 0 radical (unpaired) electrons. The maximum absolute atomic E-state index is 11.4. The molecule has 0 fully saturated rings. The molecule has 0 aliphatic carbocycles. The molecular weight excluding hydrogens is 196 g/mol. The summed E-state index contributed by atoms with van der Waals surface area (Å²) in [6, 6.07) is 3.29. The molecule has 0 aromatic carbocycles. The molecular formula is C9H10N4O2. The molecule has 0 spiro atoms. The Hall–Kier alpha value is -2.11. The summed E-state index contributed by atoms with van der Waals surface area (Å²) in [4.78, 5) is 11.4. The van der Waals surface area contributed by atoms with Gasteiger partial charge in [0, 0.05) is 6.20 Å². The first-order chi connectivity index (χ1) is 7.22. The van der Waals surface area contributed by atoms with Gasteiger partial charge in [0.2, 0.25) is 5.95 Å². The van der Waals surface area contributed by atoms with Gasteiger partial charge in [0.1, 0.15) is 0 Å². The molecule has 0 aliphatic rings. The second kappa shape index (κ2) is 3.56. The van der Waals surface area contributed by atoms with Crippen LogP contribution >= 0.6 is 0 Å². The lowest BCUT2D eigenvalue weighted by Gasteiger charge is -2.02. The Morgan fingerprint density at radius 1 is 1.53 bits per heavy atom. The molecule has 0 atom stereocenters. The van der Waals surface area contributed by atoms with E-state index in [2.05, 4.69) is 10.2 Å². The van der Waals surface area contributed by atoms with Crippen molar-refractivity contribution >= 4 is 17.6 Å². The van der Waals surface area contributed by atoms with Crippen LogP contribution in [0.3, 0.4) is 0 Å². The summed E-state index contributed by atoms with van der Waals surface area (Å²) < 4.78 is 6.39. The fraction of sp³-hybridized carbons (Fsp3) is 0.222. The molecule has 0 saturated heterocycles. The molecule has 0 saturated carbocycles. The van der Waals surface area contributed by atoms with Gasteiger partial charge in [0.25, 0.3) is 0 Å². The van der Waals surface area contributed by atoms with Gasteiger partial charge in [-0.2, -0.15) is 0 Å². The van der Waals surface area contributed by atoms with E-state index >= 15 is 0 Å². The molecule has 15 heavy (non-hydrogen) atoms. The molecule has 2 rings (SSSR count). The molecule has 0 unspecified atom stereocenters. The average Bonchev–Trinajstić information content (AvgIpc) is 2.60. The van der Waals surface area contributed by atoms with E-state index in [0.29, 0.717) is 17.8 Å². The first-order valence-electron chi connectivity index (χ1n) is 4.49. The van der Waals surface area contributed by atoms with Crippen molar-refractivity contribution in [1.82, 2.24) is 14.6 Å². The number of rotatable bonds is 2. The minimum Gasteiger partial charge on any atom is -0.462 e. The number of nitrogen functional groups attached to an aromatic ring is 1. The van der Waals surface area contributed by atoms with Crippen LogP contribution in [0, 0.1) is 0 Å². The number of carbonyl (C=O) groups is 1. The number of esters is 1. The highest BCUT2D eigenvalue weighted by molar-refractivity contribution is 5.89. The van der Waals surface area contributed by atoms with Crippen molar-refractivity contribution in [2.75, 3.05) is 12.3 Å². The molecule has 2 aromatic rings. The maximum atomic E-state index is 11.4. The Bertz CT molecular complexity index is 506. The minimum atomic E-state index is -0.382. The summed E-state index contributed by atoms with van der Waals surface area (Å²) in [6.45, 7) is 2.10. The van der Waals surface area contributed by atoms with Crippen LogP contribution < -0.4 is 5.73 Å². The summed E-state index contributed by atoms with van der Waals surface area (Å²) in [6.07, 6.45) is 1.56. The molecule has 0 bridgehead atoms. The van der Waals surface area contributed by atoms with Crippen molar-refractivity contribution in [3.63, 3.8) is 0 Å². The number of ether oxygens (including phenoxy) is 1. The van der Waals surface area contributed by atoms with E-state index in [-0.39, 0.29) is 11.9 Å². The van der Waals surface area contributed by atoms with Crippen molar-refractivity contribution in [3.8, 4) is 0 Å². The van der Waals surface area contributed by atoms with Crippen LogP contribution in [0.25, 0.3) is 5.65 Å². The Morgan fingerprint density at radius 3 is 3.07 bits per heavy atom. The number of hydrogen-bond acceptors (Lipinski definition) is 5. The number of hydrogen-bond donors (Lipinski definition) is 1. The smallest absolute Gasteiger partial charge is 0.339 e. The quantitative estimate of drug-likeness (QED) is 0.723. The molecule has 0 amide bonds. The van der Waals surface area contributed by atoms with Gasteiger partial charge < -0.3 is 10.5 Å². The SMILES string of the molecule is CCOC(=O)c1ccc2nnc(N)n2c1. The zero-order chi connectivity index (χ0) is 10.8. The Balaban J connectivity index is 2.45. The first-order valence-corrected chi connectivity index (χ1v) is 4.49. The number of carbonyl (C=O) groups excluding carboxylic acids is 1. The number of anilines is 1. The third-order valence-corrected chi connectivity index (χ3v) is 1.94. The minimum absolute atomic E-state index is 0.246. The van der Waals surface area contributed by atoms with Gasteiger partial charge >= 0.3 is 5.97 Å². The lowest BCUT2D eigenvalue weighted by molar-refractivity contribution is 0.0526. The van der Waals surface area contributed by atoms with Gasteiger partial charge in [-0.1, -0.05) is 0 Å². The number of nitrogens with two attached hydrogens (primary N) is 1. The molecule has 0 aliphatic heterocycles. The van der Waals surface area contributed by atoms with Crippen molar-refractivity contribution < 1.29 is 9.53 Å². The lowest BCUT2D eigenvalue weighted by Crippen LogP contribution is -2.06. The Labute approximate surface area is 85.7 Å². The van der Waals surface area contributed by atoms with Crippen LogP contribution in [0.1, 0.15) is 17.3 Å². The predicted molar refractivity (Wildman–Crippen MR) is 53.4 cm³/mol. The normalized spacial score (nSPS) is 10.5. The van der Waals surface area contributed by atoms with E-state index in [1.807, 2.05) is 0 Å². The van der Waals surface area contributed by atoms with E-state index in [0.717, 1.165) is 0 Å². The summed E-state index contributed by atoms with van der Waals surface area (Å²) in [5, 5.41) is 7.48. The van der Waals surface area contributed by atoms with Gasteiger partial charge in [-0.3, -0.25) is 4.40 Å². The molecule has 2 N–H and O–H groups in total. The van der Waals surface area contributed by atoms with E-state index < -0.39 is 0 Å². The summed E-state index contributed by atoms with van der Waals surface area (Å²) >= 11 is 0. The van der Waals surface area contributed by atoms with Gasteiger partial charge in [0.05, 0.1) is 12.2 Å². The number of aromatic nitrogens is 3. The summed E-state index contributed by atoms with van der Waals surface area (Å²) in [5.41, 5.74) is 6.58. The fourth-order valence-corrected chi connectivity index (χ4v) is 1.24. The van der Waals surface area contributed by atoms with E-state index in [1.54, 1.807) is 25.3 Å².